The number of methoxy groups -OCH3 is 2. The lowest BCUT2D eigenvalue weighted by Crippen LogP contribution is -2.13. The van der Waals surface area contributed by atoms with Crippen molar-refractivity contribution in [1.82, 2.24) is 0 Å². The first-order valence-corrected chi connectivity index (χ1v) is 10.1. The van der Waals surface area contributed by atoms with Crippen molar-refractivity contribution < 1.29 is 23.7 Å². The molecule has 0 aliphatic carbocycles. The molecule has 0 N–H and O–H groups in total. The Balaban J connectivity index is 2.02. The van der Waals surface area contributed by atoms with Crippen LogP contribution in [0.3, 0.4) is 0 Å². The maximum Gasteiger partial charge on any atom is 0.508 e. The first-order chi connectivity index (χ1) is 13.9. The highest BCUT2D eigenvalue weighted by Gasteiger charge is 2.18. The zero-order valence-electron chi connectivity index (χ0n) is 19.4. The van der Waals surface area contributed by atoms with Gasteiger partial charge in [-0.3, -0.25) is 0 Å². The molecule has 30 heavy (non-hydrogen) atoms. The second-order valence-electron chi connectivity index (χ2n) is 9.47. The second-order valence-corrected chi connectivity index (χ2v) is 9.47. The van der Waals surface area contributed by atoms with Gasteiger partial charge in [-0.05, 0) is 57.3 Å². The van der Waals surface area contributed by atoms with Gasteiger partial charge in [0.25, 0.3) is 0 Å². The largest absolute Gasteiger partial charge is 0.508 e. The van der Waals surface area contributed by atoms with E-state index in [2.05, 4.69) is 41.5 Å². The van der Waals surface area contributed by atoms with E-state index >= 15 is 0 Å². The lowest BCUT2D eigenvalue weighted by atomic mass is 9.86. The van der Waals surface area contributed by atoms with Crippen LogP contribution in [0, 0.1) is 0 Å². The number of benzene rings is 2. The van der Waals surface area contributed by atoms with E-state index in [9.17, 15) is 4.79 Å². The fourth-order valence-electron chi connectivity index (χ4n) is 2.92. The Bertz CT molecular complexity index is 801. The molecule has 0 fully saturated rings. The molecule has 164 valence electrons. The predicted octanol–water partition coefficient (Wildman–Crippen LogP) is 6.15. The van der Waals surface area contributed by atoms with Gasteiger partial charge in [0.1, 0.15) is 24.7 Å². The van der Waals surface area contributed by atoms with Gasteiger partial charge in [0.15, 0.2) is 0 Å². The van der Waals surface area contributed by atoms with E-state index in [4.69, 9.17) is 18.9 Å². The monoisotopic (exact) mass is 414 g/mol. The molecule has 0 saturated heterocycles. The molecule has 0 unspecified atom stereocenters. The number of ether oxygens (including phenoxy) is 4. The summed E-state index contributed by atoms with van der Waals surface area (Å²) in [6.45, 7) is 13.0. The molecule has 0 heterocycles. The molecular formula is C25H34O5. The lowest BCUT2D eigenvalue weighted by molar-refractivity contribution is 0.0445. The summed E-state index contributed by atoms with van der Waals surface area (Å²) in [5, 5.41) is 0. The van der Waals surface area contributed by atoms with E-state index < -0.39 is 6.16 Å². The summed E-state index contributed by atoms with van der Waals surface area (Å²) >= 11 is 0. The van der Waals surface area contributed by atoms with Crippen molar-refractivity contribution in [3.63, 3.8) is 0 Å². The smallest absolute Gasteiger partial charge is 0.497 e. The zero-order valence-corrected chi connectivity index (χ0v) is 19.4. The lowest BCUT2D eigenvalue weighted by Gasteiger charge is -2.21. The normalized spacial score (nSPS) is 11.7. The van der Waals surface area contributed by atoms with Crippen molar-refractivity contribution in [3.8, 4) is 11.5 Å². The van der Waals surface area contributed by atoms with Gasteiger partial charge in [0, 0.05) is 0 Å². The van der Waals surface area contributed by atoms with Crippen molar-refractivity contribution in [2.24, 2.45) is 0 Å². The Morgan fingerprint density at radius 3 is 1.33 bits per heavy atom. The van der Waals surface area contributed by atoms with Gasteiger partial charge in [-0.25, -0.2) is 4.79 Å². The number of hydrogen-bond donors (Lipinski definition) is 0. The van der Waals surface area contributed by atoms with Crippen molar-refractivity contribution in [2.45, 2.75) is 65.6 Å². The van der Waals surface area contributed by atoms with Crippen LogP contribution in [-0.2, 0) is 33.5 Å². The first kappa shape index (κ1) is 23.6. The quantitative estimate of drug-likeness (QED) is 0.531. The minimum atomic E-state index is -0.713. The van der Waals surface area contributed by atoms with Crippen molar-refractivity contribution in [3.05, 3.63) is 58.7 Å². The van der Waals surface area contributed by atoms with Crippen LogP contribution in [0.5, 0.6) is 11.5 Å². The van der Waals surface area contributed by atoms with Crippen LogP contribution in [0.2, 0.25) is 0 Å². The maximum absolute atomic E-state index is 12.2. The third-order valence-corrected chi connectivity index (χ3v) is 4.85. The Labute approximate surface area is 180 Å². The van der Waals surface area contributed by atoms with E-state index in [1.165, 1.54) is 0 Å². The fraction of sp³-hybridized carbons (Fsp3) is 0.480. The Morgan fingerprint density at radius 1 is 0.667 bits per heavy atom. The molecule has 0 aromatic heterocycles. The molecule has 0 bridgehead atoms. The van der Waals surface area contributed by atoms with E-state index in [0.717, 1.165) is 33.8 Å². The molecule has 2 aromatic carbocycles. The third-order valence-electron chi connectivity index (χ3n) is 4.85. The summed E-state index contributed by atoms with van der Waals surface area (Å²) in [6, 6.07) is 11.8. The summed E-state index contributed by atoms with van der Waals surface area (Å²) in [5.41, 5.74) is 3.85. The van der Waals surface area contributed by atoms with Crippen LogP contribution in [0.25, 0.3) is 0 Å². The van der Waals surface area contributed by atoms with Crippen LogP contribution in [0.1, 0.15) is 63.8 Å². The van der Waals surface area contributed by atoms with Gasteiger partial charge in [-0.2, -0.15) is 0 Å². The highest BCUT2D eigenvalue weighted by Crippen LogP contribution is 2.29. The van der Waals surface area contributed by atoms with Crippen LogP contribution in [0.15, 0.2) is 36.4 Å². The topological polar surface area (TPSA) is 54.0 Å². The molecule has 0 radical (unpaired) electrons. The van der Waals surface area contributed by atoms with Crippen molar-refractivity contribution >= 4 is 6.16 Å². The van der Waals surface area contributed by atoms with Gasteiger partial charge in [0.2, 0.25) is 0 Å². The SMILES string of the molecule is COc1cc(COC(=O)OCc2cc(OC)cc(C(C)(C)C)c2)cc(C(C)(C)C)c1. The van der Waals surface area contributed by atoms with Gasteiger partial charge >= 0.3 is 6.16 Å². The summed E-state index contributed by atoms with van der Waals surface area (Å²) in [7, 11) is 3.25. The molecule has 0 amide bonds. The Morgan fingerprint density at radius 2 is 1.03 bits per heavy atom. The van der Waals surface area contributed by atoms with Gasteiger partial charge in [-0.1, -0.05) is 53.7 Å². The fourth-order valence-corrected chi connectivity index (χ4v) is 2.92. The average Bonchev–Trinajstić information content (AvgIpc) is 2.68. The number of hydrogen-bond acceptors (Lipinski definition) is 5. The molecule has 0 spiro atoms. The molecular weight excluding hydrogens is 380 g/mol. The second kappa shape index (κ2) is 9.41. The third kappa shape index (κ3) is 6.68. The zero-order chi connectivity index (χ0) is 22.5. The molecule has 5 heteroatoms. The standard InChI is InChI=1S/C25H34O5/c1-24(2,3)19-9-17(11-21(13-19)27-7)15-29-23(26)30-16-18-10-20(25(4,5)6)14-22(12-18)28-8/h9-14H,15-16H2,1-8H3. The molecule has 0 saturated carbocycles. The van der Waals surface area contributed by atoms with Gasteiger partial charge in [-0.15, -0.1) is 0 Å². The summed E-state index contributed by atoms with van der Waals surface area (Å²) in [5.74, 6) is 1.47. The Kier molecular flexibility index (Phi) is 7.40. The summed E-state index contributed by atoms with van der Waals surface area (Å²) in [6.07, 6.45) is -0.713. The minimum absolute atomic E-state index is 0.0407. The molecule has 0 aliphatic rings. The number of carbonyl (C=O) groups excluding carboxylic acids is 1. The summed E-state index contributed by atoms with van der Waals surface area (Å²) < 4.78 is 21.4. The number of carbonyl (C=O) groups is 1. The van der Waals surface area contributed by atoms with E-state index in [0.29, 0.717) is 0 Å². The highest BCUT2D eigenvalue weighted by atomic mass is 16.7. The van der Waals surface area contributed by atoms with Gasteiger partial charge < -0.3 is 18.9 Å². The molecule has 2 rings (SSSR count). The molecule has 5 nitrogen and oxygen atoms in total. The van der Waals surface area contributed by atoms with Crippen LogP contribution >= 0.6 is 0 Å². The first-order valence-electron chi connectivity index (χ1n) is 10.1. The molecule has 0 aliphatic heterocycles. The van der Waals surface area contributed by atoms with Crippen LogP contribution in [-0.4, -0.2) is 20.4 Å². The highest BCUT2D eigenvalue weighted by molar-refractivity contribution is 5.60. The van der Waals surface area contributed by atoms with E-state index in [-0.39, 0.29) is 24.0 Å². The van der Waals surface area contributed by atoms with Gasteiger partial charge in [0.05, 0.1) is 14.2 Å². The summed E-state index contributed by atoms with van der Waals surface area (Å²) in [4.78, 5) is 12.2. The van der Waals surface area contributed by atoms with Crippen LogP contribution < -0.4 is 9.47 Å². The average molecular weight is 415 g/mol. The number of rotatable bonds is 6. The minimum Gasteiger partial charge on any atom is -0.497 e. The molecule has 0 atom stereocenters. The predicted molar refractivity (Wildman–Crippen MR) is 118 cm³/mol. The van der Waals surface area contributed by atoms with Crippen LogP contribution in [0.4, 0.5) is 4.79 Å². The Hall–Kier alpha value is -2.69. The van der Waals surface area contributed by atoms with E-state index in [1.54, 1.807) is 14.2 Å². The van der Waals surface area contributed by atoms with Crippen molar-refractivity contribution in [1.29, 1.82) is 0 Å². The maximum atomic E-state index is 12.2. The molecule has 2 aromatic rings. The van der Waals surface area contributed by atoms with E-state index in [1.807, 2.05) is 36.4 Å². The van der Waals surface area contributed by atoms with Crippen molar-refractivity contribution in [2.75, 3.05) is 14.2 Å².